The monoisotopic (exact) mass is 314 g/mol. The van der Waals surface area contributed by atoms with Gasteiger partial charge in [-0.3, -0.25) is 9.59 Å². The van der Waals surface area contributed by atoms with Crippen LogP contribution in [-0.4, -0.2) is 24.8 Å². The van der Waals surface area contributed by atoms with Gasteiger partial charge in [-0.25, -0.2) is 0 Å². The van der Waals surface area contributed by atoms with Crippen molar-refractivity contribution in [2.45, 2.75) is 45.4 Å². The summed E-state index contributed by atoms with van der Waals surface area (Å²) in [7, 11) is 0. The molecule has 1 aromatic rings. The van der Waals surface area contributed by atoms with Gasteiger partial charge in [0, 0.05) is 24.2 Å². The maximum Gasteiger partial charge on any atom is 0.225 e. The molecule has 1 aromatic carbocycles. The zero-order valence-corrected chi connectivity index (χ0v) is 13.9. The molecule has 1 aliphatic rings. The molecule has 1 amide bonds. The number of ketones is 1. The number of anilines is 1. The van der Waals surface area contributed by atoms with Gasteiger partial charge in [-0.15, -0.1) is 0 Å². The highest BCUT2D eigenvalue weighted by Gasteiger charge is 2.05. The maximum atomic E-state index is 11.9. The van der Waals surface area contributed by atoms with Crippen LogP contribution in [0.5, 0.6) is 0 Å². The summed E-state index contributed by atoms with van der Waals surface area (Å²) >= 11 is 0. The summed E-state index contributed by atoms with van der Waals surface area (Å²) in [6.45, 7) is 3.15. The molecule has 4 nitrogen and oxygen atoms in total. The van der Waals surface area contributed by atoms with E-state index in [1.165, 1.54) is 32.6 Å². The second-order valence-corrected chi connectivity index (χ2v) is 6.04. The molecule has 0 spiro atoms. The van der Waals surface area contributed by atoms with Crippen molar-refractivity contribution in [3.05, 3.63) is 41.5 Å². The first-order valence-electron chi connectivity index (χ1n) is 8.44. The van der Waals surface area contributed by atoms with Gasteiger partial charge in [-0.05, 0) is 69.8 Å². The van der Waals surface area contributed by atoms with Gasteiger partial charge in [0.2, 0.25) is 5.91 Å². The molecule has 0 aliphatic heterocycles. The Morgan fingerprint density at radius 2 is 1.87 bits per heavy atom. The molecule has 4 heteroatoms. The summed E-state index contributed by atoms with van der Waals surface area (Å²) in [5.74, 6) is 0.0186. The molecule has 0 unspecified atom stereocenters. The Morgan fingerprint density at radius 1 is 1.09 bits per heavy atom. The standard InChI is InChI=1S/C19H26N2O2/c1-15(22)17-7-9-18(10-8-17)21-19(23)12-14-20-13-11-16-5-3-2-4-6-16/h5,7-10,20H,2-4,6,11-14H2,1H3,(H,21,23). The fourth-order valence-corrected chi connectivity index (χ4v) is 2.72. The molecule has 1 aliphatic carbocycles. The van der Waals surface area contributed by atoms with Crippen LogP contribution in [0.25, 0.3) is 0 Å². The van der Waals surface area contributed by atoms with Crippen LogP contribution in [0.3, 0.4) is 0 Å². The lowest BCUT2D eigenvalue weighted by Gasteiger charge is -2.12. The van der Waals surface area contributed by atoms with Gasteiger partial charge >= 0.3 is 0 Å². The summed E-state index contributed by atoms with van der Waals surface area (Å²) in [5.41, 5.74) is 2.94. The normalized spacial score (nSPS) is 14.2. The summed E-state index contributed by atoms with van der Waals surface area (Å²) < 4.78 is 0. The van der Waals surface area contributed by atoms with Gasteiger partial charge in [0.25, 0.3) is 0 Å². The molecule has 0 heterocycles. The van der Waals surface area contributed by atoms with Crippen LogP contribution in [0, 0.1) is 0 Å². The van der Waals surface area contributed by atoms with Crippen LogP contribution in [-0.2, 0) is 4.79 Å². The first kappa shape index (κ1) is 17.4. The second-order valence-electron chi connectivity index (χ2n) is 6.04. The molecular formula is C19H26N2O2. The first-order valence-corrected chi connectivity index (χ1v) is 8.44. The Balaban J connectivity index is 1.61. The third kappa shape index (κ3) is 6.37. The van der Waals surface area contributed by atoms with Crippen molar-refractivity contribution >= 4 is 17.4 Å². The van der Waals surface area contributed by atoms with Gasteiger partial charge in [0.1, 0.15) is 0 Å². The zero-order valence-electron chi connectivity index (χ0n) is 13.9. The SMILES string of the molecule is CC(=O)c1ccc(NC(=O)CCNCCC2=CCCCC2)cc1. The number of hydrogen-bond acceptors (Lipinski definition) is 3. The average Bonchev–Trinajstić information content (AvgIpc) is 2.56. The number of Topliss-reactive ketones (excluding diaryl/α,β-unsaturated/α-hetero) is 1. The van der Waals surface area contributed by atoms with Gasteiger partial charge in [0.05, 0.1) is 0 Å². The summed E-state index contributed by atoms with van der Waals surface area (Å²) in [4.78, 5) is 23.1. The molecule has 0 saturated carbocycles. The number of nitrogens with one attached hydrogen (secondary N) is 2. The quantitative estimate of drug-likeness (QED) is 0.437. The highest BCUT2D eigenvalue weighted by Crippen LogP contribution is 2.19. The highest BCUT2D eigenvalue weighted by molar-refractivity contribution is 5.95. The number of carbonyl (C=O) groups is 2. The Labute approximate surface area is 138 Å². The van der Waals surface area contributed by atoms with Gasteiger partial charge < -0.3 is 10.6 Å². The van der Waals surface area contributed by atoms with E-state index in [4.69, 9.17) is 0 Å². The van der Waals surface area contributed by atoms with Crippen LogP contribution < -0.4 is 10.6 Å². The van der Waals surface area contributed by atoms with E-state index < -0.39 is 0 Å². The molecule has 0 aromatic heterocycles. The Bertz CT molecular complexity index is 561. The minimum absolute atomic E-state index is 0.00930. The second kappa shape index (κ2) is 9.26. The van der Waals surface area contributed by atoms with Crippen LogP contribution >= 0.6 is 0 Å². The molecule has 23 heavy (non-hydrogen) atoms. The number of carbonyl (C=O) groups excluding carboxylic acids is 2. The molecule has 2 N–H and O–H groups in total. The predicted octanol–water partition coefficient (Wildman–Crippen LogP) is 3.70. The lowest BCUT2D eigenvalue weighted by atomic mass is 9.97. The molecule has 0 saturated heterocycles. The number of allylic oxidation sites excluding steroid dienone is 1. The van der Waals surface area contributed by atoms with Crippen LogP contribution in [0.4, 0.5) is 5.69 Å². The van der Waals surface area contributed by atoms with Crippen molar-refractivity contribution in [1.82, 2.24) is 5.32 Å². The van der Waals surface area contributed by atoms with E-state index in [1.807, 2.05) is 0 Å². The number of rotatable bonds is 8. The van der Waals surface area contributed by atoms with E-state index in [9.17, 15) is 9.59 Å². The Morgan fingerprint density at radius 3 is 2.52 bits per heavy atom. The number of benzene rings is 1. The van der Waals surface area contributed by atoms with Gasteiger partial charge in [0.15, 0.2) is 5.78 Å². The third-order valence-electron chi connectivity index (χ3n) is 4.11. The van der Waals surface area contributed by atoms with E-state index >= 15 is 0 Å². The molecule has 124 valence electrons. The lowest BCUT2D eigenvalue weighted by Crippen LogP contribution is -2.23. The van der Waals surface area contributed by atoms with Crippen LogP contribution in [0.15, 0.2) is 35.9 Å². The first-order chi connectivity index (χ1) is 11.1. The summed E-state index contributed by atoms with van der Waals surface area (Å²) in [5, 5.41) is 6.17. The largest absolute Gasteiger partial charge is 0.326 e. The van der Waals surface area contributed by atoms with E-state index in [1.54, 1.807) is 29.8 Å². The van der Waals surface area contributed by atoms with E-state index in [0.29, 0.717) is 18.5 Å². The molecular weight excluding hydrogens is 288 g/mol. The maximum absolute atomic E-state index is 11.9. The fourth-order valence-electron chi connectivity index (χ4n) is 2.72. The van der Waals surface area contributed by atoms with Gasteiger partial charge in [-0.2, -0.15) is 0 Å². The fraction of sp³-hybridized carbons (Fsp3) is 0.474. The van der Waals surface area contributed by atoms with E-state index in [-0.39, 0.29) is 11.7 Å². The molecule has 0 atom stereocenters. The molecule has 0 fully saturated rings. The lowest BCUT2D eigenvalue weighted by molar-refractivity contribution is -0.116. The minimum Gasteiger partial charge on any atom is -0.326 e. The summed E-state index contributed by atoms with van der Waals surface area (Å²) in [6, 6.07) is 6.98. The van der Waals surface area contributed by atoms with Crippen molar-refractivity contribution in [3.63, 3.8) is 0 Å². The molecule has 2 rings (SSSR count). The van der Waals surface area contributed by atoms with Crippen molar-refractivity contribution < 1.29 is 9.59 Å². The van der Waals surface area contributed by atoms with Crippen molar-refractivity contribution in [1.29, 1.82) is 0 Å². The average molecular weight is 314 g/mol. The Kier molecular flexibility index (Phi) is 7.01. The van der Waals surface area contributed by atoms with Crippen molar-refractivity contribution in [3.8, 4) is 0 Å². The molecule has 0 radical (unpaired) electrons. The van der Waals surface area contributed by atoms with Crippen molar-refractivity contribution in [2.24, 2.45) is 0 Å². The number of hydrogen-bond donors (Lipinski definition) is 2. The zero-order chi connectivity index (χ0) is 16.5. The number of amides is 1. The smallest absolute Gasteiger partial charge is 0.225 e. The third-order valence-corrected chi connectivity index (χ3v) is 4.11. The van der Waals surface area contributed by atoms with Crippen LogP contribution in [0.2, 0.25) is 0 Å². The highest BCUT2D eigenvalue weighted by atomic mass is 16.1. The van der Waals surface area contributed by atoms with E-state index in [2.05, 4.69) is 16.7 Å². The minimum atomic E-state index is -0.00930. The van der Waals surface area contributed by atoms with Crippen LogP contribution in [0.1, 0.15) is 55.8 Å². The summed E-state index contributed by atoms with van der Waals surface area (Å²) in [6.07, 6.45) is 9.00. The Hall–Kier alpha value is -1.94. The molecule has 0 bridgehead atoms. The predicted molar refractivity (Wildman–Crippen MR) is 93.7 cm³/mol. The topological polar surface area (TPSA) is 58.2 Å². The van der Waals surface area contributed by atoms with E-state index in [0.717, 1.165) is 18.7 Å². The van der Waals surface area contributed by atoms with Gasteiger partial charge in [-0.1, -0.05) is 11.6 Å². The van der Waals surface area contributed by atoms with Crippen molar-refractivity contribution in [2.75, 3.05) is 18.4 Å².